The van der Waals surface area contributed by atoms with Crippen LogP contribution in [0.15, 0.2) is 58.7 Å². The van der Waals surface area contributed by atoms with Crippen LogP contribution < -0.4 is 0 Å². The van der Waals surface area contributed by atoms with Crippen molar-refractivity contribution in [1.82, 2.24) is 20.2 Å². The second-order valence-corrected chi connectivity index (χ2v) is 3.73. The molecule has 16 heavy (non-hydrogen) atoms. The largest absolute Gasteiger partial charge is 0.265 e. The lowest BCUT2D eigenvalue weighted by Gasteiger charge is -1.70. The van der Waals surface area contributed by atoms with Crippen molar-refractivity contribution in [2.75, 3.05) is 0 Å². The Morgan fingerprint density at radius 1 is 0.625 bits per heavy atom. The third-order valence-corrected chi connectivity index (χ3v) is 2.15. The average molecular weight is 250 g/mol. The molecule has 0 fully saturated rings. The Balaban J connectivity index is 0.000000121. The van der Waals surface area contributed by atoms with Crippen molar-refractivity contribution in [2.45, 2.75) is 0 Å². The van der Waals surface area contributed by atoms with E-state index in [0.29, 0.717) is 0 Å². The van der Waals surface area contributed by atoms with Crippen molar-refractivity contribution in [3.8, 4) is 0 Å². The summed E-state index contributed by atoms with van der Waals surface area (Å²) in [5, 5.41) is 8.91. The minimum atomic E-state index is 1.49. The first-order chi connectivity index (χ1) is 8.00. The highest BCUT2D eigenvalue weighted by Gasteiger charge is 1.61. The van der Waals surface area contributed by atoms with Gasteiger partial charge < -0.3 is 0 Å². The van der Waals surface area contributed by atoms with E-state index in [1.165, 1.54) is 11.3 Å². The summed E-state index contributed by atoms with van der Waals surface area (Å²) in [6.07, 6.45) is 5.27. The fourth-order valence-corrected chi connectivity index (χ4v) is 1.25. The van der Waals surface area contributed by atoms with Crippen LogP contribution in [0.5, 0.6) is 0 Å². The van der Waals surface area contributed by atoms with Gasteiger partial charge in [-0.1, -0.05) is 6.07 Å². The molecule has 3 heterocycles. The van der Waals surface area contributed by atoms with E-state index >= 15 is 0 Å². The lowest BCUT2D eigenvalue weighted by Crippen LogP contribution is -1.58. The SMILES string of the molecule is c1ccncc1.c1cscn1.c1nncs1. The molecule has 82 valence electrons. The average Bonchev–Trinajstić information content (AvgIpc) is 3.10. The van der Waals surface area contributed by atoms with Crippen LogP contribution in [0, 0.1) is 0 Å². The normalized spacial score (nSPS) is 8.00. The molecule has 0 unspecified atom stereocenters. The molecule has 3 aromatic rings. The van der Waals surface area contributed by atoms with Crippen LogP contribution in [0.1, 0.15) is 0 Å². The molecule has 0 N–H and O–H groups in total. The highest BCUT2D eigenvalue weighted by Crippen LogP contribution is 1.85. The Morgan fingerprint density at radius 2 is 1.38 bits per heavy atom. The molecule has 3 aromatic heterocycles. The van der Waals surface area contributed by atoms with Gasteiger partial charge >= 0.3 is 0 Å². The molecule has 0 radical (unpaired) electrons. The Morgan fingerprint density at radius 3 is 1.56 bits per heavy atom. The van der Waals surface area contributed by atoms with Gasteiger partial charge in [0.05, 0.1) is 5.51 Å². The third kappa shape index (κ3) is 7.72. The maximum atomic E-state index is 3.78. The van der Waals surface area contributed by atoms with Crippen LogP contribution in [0.2, 0.25) is 0 Å². The quantitative estimate of drug-likeness (QED) is 0.615. The highest BCUT2D eigenvalue weighted by molar-refractivity contribution is 7.07. The number of pyridine rings is 1. The standard InChI is InChI=1S/C5H5N.C3H3NS.C2H2N2S/c1-2-4-6-5-3-1;1-2-5-3-4-1;1-3-4-2-5-1/h1-5H;1-3H;1-2H. The van der Waals surface area contributed by atoms with Crippen molar-refractivity contribution in [3.05, 3.63) is 58.7 Å². The summed E-state index contributed by atoms with van der Waals surface area (Å²) in [5.41, 5.74) is 5.15. The summed E-state index contributed by atoms with van der Waals surface area (Å²) in [7, 11) is 0. The molecule has 0 aromatic carbocycles. The molecule has 3 rings (SSSR count). The maximum absolute atomic E-state index is 3.78. The van der Waals surface area contributed by atoms with Crippen LogP contribution in [0.3, 0.4) is 0 Å². The van der Waals surface area contributed by atoms with E-state index in [-0.39, 0.29) is 0 Å². The van der Waals surface area contributed by atoms with Gasteiger partial charge in [-0.25, -0.2) is 0 Å². The summed E-state index contributed by atoms with van der Waals surface area (Å²) < 4.78 is 0. The molecule has 0 spiro atoms. The third-order valence-electron chi connectivity index (χ3n) is 1.20. The lowest BCUT2D eigenvalue weighted by molar-refractivity contribution is 1.09. The molecule has 0 aliphatic rings. The molecular formula is C10H10N4S2. The smallest absolute Gasteiger partial charge is 0.103 e. The van der Waals surface area contributed by atoms with Gasteiger partial charge in [0, 0.05) is 24.0 Å². The fraction of sp³-hybridized carbons (Fsp3) is 0. The zero-order chi connectivity index (χ0) is 11.3. The Kier molecular flexibility index (Phi) is 7.66. The first-order valence-electron chi connectivity index (χ1n) is 4.36. The highest BCUT2D eigenvalue weighted by atomic mass is 32.1. The van der Waals surface area contributed by atoms with Crippen molar-refractivity contribution in [2.24, 2.45) is 0 Å². The van der Waals surface area contributed by atoms with Crippen LogP contribution in [-0.4, -0.2) is 20.2 Å². The van der Waals surface area contributed by atoms with Crippen molar-refractivity contribution in [3.63, 3.8) is 0 Å². The van der Waals surface area contributed by atoms with Crippen LogP contribution >= 0.6 is 22.7 Å². The summed E-state index contributed by atoms with van der Waals surface area (Å²) in [4.78, 5) is 7.53. The van der Waals surface area contributed by atoms with E-state index in [9.17, 15) is 0 Å². The molecule has 6 heteroatoms. The number of nitrogens with zero attached hydrogens (tertiary/aromatic N) is 4. The van der Waals surface area contributed by atoms with Crippen molar-refractivity contribution < 1.29 is 0 Å². The predicted molar refractivity (Wildman–Crippen MR) is 66.3 cm³/mol. The van der Waals surface area contributed by atoms with Gasteiger partial charge in [0.15, 0.2) is 0 Å². The number of rotatable bonds is 0. The van der Waals surface area contributed by atoms with E-state index in [2.05, 4.69) is 20.2 Å². The summed E-state index contributed by atoms with van der Waals surface area (Å²) in [6, 6.07) is 5.72. The summed E-state index contributed by atoms with van der Waals surface area (Å²) in [5.74, 6) is 0. The molecule has 0 aliphatic carbocycles. The van der Waals surface area contributed by atoms with Gasteiger partial charge in [-0.05, 0) is 12.1 Å². The van der Waals surface area contributed by atoms with Gasteiger partial charge in [0.25, 0.3) is 0 Å². The molecular weight excluding hydrogens is 240 g/mol. The predicted octanol–water partition coefficient (Wildman–Crippen LogP) is 2.76. The summed E-state index contributed by atoms with van der Waals surface area (Å²) in [6.45, 7) is 0. The molecule has 0 saturated carbocycles. The van der Waals surface area contributed by atoms with Gasteiger partial charge in [0.2, 0.25) is 0 Å². The zero-order valence-electron chi connectivity index (χ0n) is 8.38. The van der Waals surface area contributed by atoms with Gasteiger partial charge in [-0.3, -0.25) is 9.97 Å². The molecule has 0 saturated heterocycles. The van der Waals surface area contributed by atoms with E-state index < -0.39 is 0 Å². The second kappa shape index (κ2) is 9.88. The van der Waals surface area contributed by atoms with Gasteiger partial charge in [-0.15, -0.1) is 32.9 Å². The van der Waals surface area contributed by atoms with Crippen LogP contribution in [0.4, 0.5) is 0 Å². The van der Waals surface area contributed by atoms with E-state index in [0.717, 1.165) is 0 Å². The Bertz CT molecular complexity index is 312. The topological polar surface area (TPSA) is 51.6 Å². The number of aromatic nitrogens is 4. The number of hydrogen-bond donors (Lipinski definition) is 0. The Hall–Kier alpha value is -1.66. The minimum Gasteiger partial charge on any atom is -0.265 e. The lowest BCUT2D eigenvalue weighted by atomic mass is 10.5. The van der Waals surface area contributed by atoms with Gasteiger partial charge in [0.1, 0.15) is 11.0 Å². The second-order valence-electron chi connectivity index (χ2n) is 2.28. The van der Waals surface area contributed by atoms with Crippen molar-refractivity contribution in [1.29, 1.82) is 0 Å². The monoisotopic (exact) mass is 250 g/mol. The van der Waals surface area contributed by atoms with Crippen molar-refractivity contribution >= 4 is 22.7 Å². The number of thiazole rings is 1. The molecule has 0 amide bonds. The van der Waals surface area contributed by atoms with Crippen LogP contribution in [0.25, 0.3) is 0 Å². The summed E-state index contributed by atoms with van der Waals surface area (Å²) >= 11 is 3.09. The number of hydrogen-bond acceptors (Lipinski definition) is 6. The van der Waals surface area contributed by atoms with E-state index in [4.69, 9.17) is 0 Å². The molecule has 0 atom stereocenters. The van der Waals surface area contributed by atoms with E-state index in [1.54, 1.807) is 46.5 Å². The molecule has 0 bridgehead atoms. The minimum absolute atomic E-state index is 1.49. The maximum Gasteiger partial charge on any atom is 0.103 e. The first kappa shape index (κ1) is 12.4. The van der Waals surface area contributed by atoms with Crippen LogP contribution in [-0.2, 0) is 0 Å². The molecule has 0 aliphatic heterocycles. The fourth-order valence-electron chi connectivity index (χ4n) is 0.624. The Labute approximate surface area is 102 Å². The van der Waals surface area contributed by atoms with Gasteiger partial charge in [-0.2, -0.15) is 0 Å². The molecule has 4 nitrogen and oxygen atoms in total. The zero-order valence-corrected chi connectivity index (χ0v) is 10.0. The van der Waals surface area contributed by atoms with E-state index in [1.807, 2.05) is 23.6 Å². The first-order valence-corrected chi connectivity index (χ1v) is 6.24.